The summed E-state index contributed by atoms with van der Waals surface area (Å²) in [5.41, 5.74) is 1.65. The van der Waals surface area contributed by atoms with Gasteiger partial charge in [0.25, 0.3) is 0 Å². The second kappa shape index (κ2) is 6.01. The van der Waals surface area contributed by atoms with Crippen molar-refractivity contribution in [3.63, 3.8) is 0 Å². The van der Waals surface area contributed by atoms with Crippen LogP contribution in [-0.4, -0.2) is 38.7 Å². The number of rotatable bonds is 4. The minimum absolute atomic E-state index is 0.352. The van der Waals surface area contributed by atoms with Gasteiger partial charge in [0.05, 0.1) is 6.04 Å². The lowest BCUT2D eigenvalue weighted by atomic mass is 9.95. The van der Waals surface area contributed by atoms with Crippen LogP contribution in [0, 0.1) is 18.8 Å². The molecule has 0 aromatic carbocycles. The molecule has 6 nitrogen and oxygen atoms in total. The third kappa shape index (κ3) is 2.65. The third-order valence-corrected chi connectivity index (χ3v) is 6.48. The highest BCUT2D eigenvalue weighted by molar-refractivity contribution is 6.27. The predicted octanol–water partition coefficient (Wildman–Crippen LogP) is 3.67. The SMILES string of the molecule is Cc1nc(N(Cl)C2CC3CCC2C3)c2nc(N(C)C(C)C)n(C)c2n1. The van der Waals surface area contributed by atoms with Gasteiger partial charge >= 0.3 is 0 Å². The maximum absolute atomic E-state index is 6.84. The molecule has 2 bridgehead atoms. The lowest BCUT2D eigenvalue weighted by molar-refractivity contribution is 0.421. The molecule has 2 aromatic rings. The van der Waals surface area contributed by atoms with Crippen molar-refractivity contribution >= 4 is 34.7 Å². The average molecular weight is 363 g/mol. The van der Waals surface area contributed by atoms with Crippen molar-refractivity contribution in [2.75, 3.05) is 16.4 Å². The summed E-state index contributed by atoms with van der Waals surface area (Å²) in [6.07, 6.45) is 5.13. The van der Waals surface area contributed by atoms with Crippen LogP contribution in [0.2, 0.25) is 0 Å². The highest BCUT2D eigenvalue weighted by Gasteiger charge is 2.43. The Morgan fingerprint density at radius 3 is 2.52 bits per heavy atom. The lowest BCUT2D eigenvalue weighted by Gasteiger charge is -2.29. The molecule has 2 aromatic heterocycles. The van der Waals surface area contributed by atoms with Gasteiger partial charge in [-0.15, -0.1) is 0 Å². The molecule has 25 heavy (non-hydrogen) atoms. The third-order valence-electron chi connectivity index (χ3n) is 6.07. The first-order valence-corrected chi connectivity index (χ1v) is 9.59. The van der Waals surface area contributed by atoms with Crippen molar-refractivity contribution in [2.45, 2.75) is 58.5 Å². The first-order chi connectivity index (χ1) is 11.9. The summed E-state index contributed by atoms with van der Waals surface area (Å²) >= 11 is 6.84. The summed E-state index contributed by atoms with van der Waals surface area (Å²) in [6.45, 7) is 6.23. The summed E-state index contributed by atoms with van der Waals surface area (Å²) in [4.78, 5) is 16.3. The van der Waals surface area contributed by atoms with Gasteiger partial charge in [-0.1, -0.05) is 6.42 Å². The summed E-state index contributed by atoms with van der Waals surface area (Å²) in [7, 11) is 4.07. The Balaban J connectivity index is 1.79. The van der Waals surface area contributed by atoms with Crippen molar-refractivity contribution in [3.8, 4) is 0 Å². The zero-order chi connectivity index (χ0) is 17.9. The Morgan fingerprint density at radius 1 is 1.16 bits per heavy atom. The van der Waals surface area contributed by atoms with Gasteiger partial charge in [-0.3, -0.25) is 8.99 Å². The van der Waals surface area contributed by atoms with Crippen molar-refractivity contribution in [2.24, 2.45) is 18.9 Å². The fourth-order valence-corrected chi connectivity index (χ4v) is 4.84. The van der Waals surface area contributed by atoms with Gasteiger partial charge in [-0.2, -0.15) is 0 Å². The number of aryl methyl sites for hydroxylation is 2. The number of hydrogen-bond acceptors (Lipinski definition) is 5. The van der Waals surface area contributed by atoms with E-state index in [0.717, 1.165) is 34.7 Å². The van der Waals surface area contributed by atoms with E-state index < -0.39 is 0 Å². The fraction of sp³-hybridized carbons (Fsp3) is 0.722. The van der Waals surface area contributed by atoms with Crippen LogP contribution in [0.25, 0.3) is 11.2 Å². The number of halogens is 1. The summed E-state index contributed by atoms with van der Waals surface area (Å²) in [6, 6.07) is 0.719. The molecule has 0 spiro atoms. The molecule has 0 saturated heterocycles. The van der Waals surface area contributed by atoms with Gasteiger partial charge in [0, 0.05) is 31.9 Å². The van der Waals surface area contributed by atoms with Gasteiger partial charge in [-0.05, 0) is 51.9 Å². The minimum Gasteiger partial charge on any atom is -0.343 e. The molecule has 0 N–H and O–H groups in total. The van der Waals surface area contributed by atoms with Crippen LogP contribution in [-0.2, 0) is 7.05 Å². The number of hydrogen-bond donors (Lipinski definition) is 0. The Kier molecular flexibility index (Phi) is 4.06. The molecule has 7 heteroatoms. The predicted molar refractivity (Wildman–Crippen MR) is 102 cm³/mol. The van der Waals surface area contributed by atoms with Crippen LogP contribution >= 0.6 is 11.8 Å². The fourth-order valence-electron chi connectivity index (χ4n) is 4.48. The van der Waals surface area contributed by atoms with Crippen LogP contribution in [0.4, 0.5) is 11.8 Å². The van der Waals surface area contributed by atoms with Crippen LogP contribution in [0.1, 0.15) is 45.4 Å². The van der Waals surface area contributed by atoms with Crippen molar-refractivity contribution in [1.82, 2.24) is 19.5 Å². The Hall–Kier alpha value is -1.56. The van der Waals surface area contributed by atoms with E-state index in [4.69, 9.17) is 16.8 Å². The quantitative estimate of drug-likeness (QED) is 0.777. The standard InChI is InChI=1S/C18H27ClN6/c1-10(2)23(4)18-22-15-16(24(18)5)20-11(3)21-17(15)25(19)14-9-12-6-7-13(14)8-12/h10,12-14H,6-9H2,1-5H3. The van der Waals surface area contributed by atoms with E-state index >= 15 is 0 Å². The summed E-state index contributed by atoms with van der Waals surface area (Å²) < 4.78 is 3.91. The van der Waals surface area contributed by atoms with E-state index in [0.29, 0.717) is 18.0 Å². The molecule has 2 saturated carbocycles. The summed E-state index contributed by atoms with van der Waals surface area (Å²) in [5, 5.41) is 0. The zero-order valence-electron chi connectivity index (χ0n) is 15.7. The molecular formula is C18H27ClN6. The van der Waals surface area contributed by atoms with Crippen LogP contribution in [0.5, 0.6) is 0 Å². The van der Waals surface area contributed by atoms with Crippen molar-refractivity contribution in [3.05, 3.63) is 5.82 Å². The molecule has 0 radical (unpaired) electrons. The molecule has 4 rings (SSSR count). The average Bonchev–Trinajstić information content (AvgIpc) is 3.28. The number of fused-ring (bicyclic) bond motifs is 3. The lowest BCUT2D eigenvalue weighted by Crippen LogP contribution is -2.33. The first-order valence-electron chi connectivity index (χ1n) is 9.25. The highest BCUT2D eigenvalue weighted by Crippen LogP contribution is 2.48. The highest BCUT2D eigenvalue weighted by atomic mass is 35.5. The van der Waals surface area contributed by atoms with Crippen molar-refractivity contribution in [1.29, 1.82) is 0 Å². The summed E-state index contributed by atoms with van der Waals surface area (Å²) in [5.74, 6) is 3.92. The normalized spacial score (nSPS) is 25.3. The Labute approximate surface area is 154 Å². The monoisotopic (exact) mass is 362 g/mol. The molecule has 3 atom stereocenters. The number of anilines is 2. The van der Waals surface area contributed by atoms with Gasteiger partial charge in [0.1, 0.15) is 5.82 Å². The molecule has 2 heterocycles. The molecule has 2 aliphatic carbocycles. The maximum atomic E-state index is 6.84. The van der Waals surface area contributed by atoms with E-state index in [-0.39, 0.29) is 0 Å². The van der Waals surface area contributed by atoms with E-state index in [1.54, 1.807) is 0 Å². The van der Waals surface area contributed by atoms with Gasteiger partial charge in [0.2, 0.25) is 5.95 Å². The van der Waals surface area contributed by atoms with Crippen LogP contribution in [0.15, 0.2) is 0 Å². The number of aromatic nitrogens is 4. The van der Waals surface area contributed by atoms with Gasteiger partial charge < -0.3 is 4.90 Å². The molecule has 0 amide bonds. The van der Waals surface area contributed by atoms with Crippen LogP contribution < -0.4 is 9.32 Å². The molecule has 2 aliphatic rings. The largest absolute Gasteiger partial charge is 0.343 e. The molecule has 136 valence electrons. The Morgan fingerprint density at radius 2 is 1.92 bits per heavy atom. The second-order valence-electron chi connectivity index (χ2n) is 8.00. The number of nitrogens with zero attached hydrogens (tertiary/aromatic N) is 6. The number of imidazole rings is 1. The smallest absolute Gasteiger partial charge is 0.207 e. The second-order valence-corrected chi connectivity index (χ2v) is 8.36. The van der Waals surface area contributed by atoms with E-state index in [9.17, 15) is 0 Å². The van der Waals surface area contributed by atoms with E-state index in [1.165, 1.54) is 25.7 Å². The van der Waals surface area contributed by atoms with Gasteiger partial charge in [-0.25, -0.2) is 15.0 Å². The molecular weight excluding hydrogens is 336 g/mol. The van der Waals surface area contributed by atoms with Crippen LogP contribution in [0.3, 0.4) is 0 Å². The van der Waals surface area contributed by atoms with E-state index in [1.807, 2.05) is 23.0 Å². The molecule has 2 fully saturated rings. The molecule has 0 aliphatic heterocycles. The van der Waals surface area contributed by atoms with Crippen molar-refractivity contribution < 1.29 is 0 Å². The Bertz CT molecular complexity index is 800. The zero-order valence-corrected chi connectivity index (χ0v) is 16.5. The topological polar surface area (TPSA) is 50.1 Å². The minimum atomic E-state index is 0.352. The maximum Gasteiger partial charge on any atom is 0.207 e. The molecule has 3 unspecified atom stereocenters. The first kappa shape index (κ1) is 16.9. The van der Waals surface area contributed by atoms with E-state index in [2.05, 4.69) is 35.8 Å². The van der Waals surface area contributed by atoms with Gasteiger partial charge in [0.15, 0.2) is 17.0 Å².